The average molecular weight is 358 g/mol. The minimum Gasteiger partial charge on any atom is -0.477 e. The molecule has 3 atom stereocenters. The molecule has 2 saturated heterocycles. The molecule has 3 rings (SSSR count). The summed E-state index contributed by atoms with van der Waals surface area (Å²) in [6, 6.07) is 0. The van der Waals surface area contributed by atoms with Crippen molar-refractivity contribution in [2.45, 2.75) is 37.7 Å². The first kappa shape index (κ1) is 17.1. The molecule has 0 unspecified atom stereocenters. The maximum absolute atomic E-state index is 12.2. The first-order valence-corrected chi connectivity index (χ1v) is 9.91. The van der Waals surface area contributed by atoms with Gasteiger partial charge in [0.15, 0.2) is 5.70 Å². The molecular formula is C15H22N2O4S2. The fraction of sp³-hybridized carbons (Fsp3) is 0.733. The van der Waals surface area contributed by atoms with Crippen LogP contribution >= 0.6 is 23.5 Å². The number of nitrogens with zero attached hydrogens (tertiary/aromatic N) is 2. The summed E-state index contributed by atoms with van der Waals surface area (Å²) < 4.78 is 0.709. The predicted octanol–water partition coefficient (Wildman–Crippen LogP) is 1.37. The molecule has 2 N–H and O–H groups in total. The van der Waals surface area contributed by atoms with Crippen LogP contribution in [0.4, 0.5) is 0 Å². The number of carboxylic acids is 1. The maximum atomic E-state index is 12.2. The maximum Gasteiger partial charge on any atom is 0.354 e. The van der Waals surface area contributed by atoms with Crippen molar-refractivity contribution in [3.05, 3.63) is 9.93 Å². The number of β-lactam (4-membered cyclic amide) rings is 1. The van der Waals surface area contributed by atoms with Gasteiger partial charge in [0.05, 0.1) is 16.3 Å². The Bertz CT molecular complexity index is 534. The molecule has 0 bridgehead atoms. The van der Waals surface area contributed by atoms with Crippen molar-refractivity contribution >= 4 is 35.4 Å². The number of hydrogen-bond acceptors (Lipinski definition) is 6. The first-order valence-electron chi connectivity index (χ1n) is 8.05. The van der Waals surface area contributed by atoms with Crippen molar-refractivity contribution in [2.75, 3.05) is 25.4 Å². The lowest BCUT2D eigenvalue weighted by Gasteiger charge is -2.44. The van der Waals surface area contributed by atoms with Gasteiger partial charge in [-0.05, 0) is 32.4 Å². The normalized spacial score (nSPS) is 29.0. The highest BCUT2D eigenvalue weighted by Crippen LogP contribution is 2.53. The number of aliphatic carboxylic acids is 1. The summed E-state index contributed by atoms with van der Waals surface area (Å²) in [5, 5.41) is 19.2. The Kier molecular flexibility index (Phi) is 5.25. The smallest absolute Gasteiger partial charge is 0.354 e. The number of carbonyl (C=O) groups excluding carboxylic acids is 1. The summed E-state index contributed by atoms with van der Waals surface area (Å²) in [4.78, 5) is 27.5. The summed E-state index contributed by atoms with van der Waals surface area (Å²) in [5.41, 5.74) is 0.107. The molecule has 128 valence electrons. The highest BCUT2D eigenvalue weighted by molar-refractivity contribution is 8.22. The van der Waals surface area contributed by atoms with E-state index in [1.807, 2.05) is 6.92 Å². The number of hydrogen-bond donors (Lipinski definition) is 2. The topological polar surface area (TPSA) is 81.1 Å². The zero-order valence-electron chi connectivity index (χ0n) is 13.1. The van der Waals surface area contributed by atoms with Crippen LogP contribution in [0.2, 0.25) is 0 Å². The number of likely N-dealkylation sites (tertiary alicyclic amines) is 1. The summed E-state index contributed by atoms with van der Waals surface area (Å²) in [6.07, 6.45) is 2.29. The van der Waals surface area contributed by atoms with Gasteiger partial charge in [-0.15, -0.1) is 11.8 Å². The molecule has 0 radical (unpaired) electrons. The molecule has 2 fully saturated rings. The van der Waals surface area contributed by atoms with E-state index in [4.69, 9.17) is 0 Å². The number of thioether (sulfide) groups is 2. The van der Waals surface area contributed by atoms with Crippen LogP contribution in [-0.2, 0) is 9.59 Å². The lowest BCUT2D eigenvalue weighted by atomic mass is 9.90. The lowest BCUT2D eigenvalue weighted by molar-refractivity contribution is -0.157. The zero-order valence-corrected chi connectivity index (χ0v) is 14.7. The van der Waals surface area contributed by atoms with E-state index in [2.05, 4.69) is 4.90 Å². The molecule has 0 aliphatic carbocycles. The summed E-state index contributed by atoms with van der Waals surface area (Å²) in [6.45, 7) is 5.02. The van der Waals surface area contributed by atoms with Gasteiger partial charge in [0, 0.05) is 12.3 Å². The van der Waals surface area contributed by atoms with Crippen molar-refractivity contribution in [1.29, 1.82) is 0 Å². The Hall–Kier alpha value is -0.700. The average Bonchev–Trinajstić information content (AvgIpc) is 3.13. The van der Waals surface area contributed by atoms with Crippen molar-refractivity contribution in [2.24, 2.45) is 5.92 Å². The molecule has 0 spiro atoms. The minimum atomic E-state index is -1.05. The highest BCUT2D eigenvalue weighted by atomic mass is 32.2. The largest absolute Gasteiger partial charge is 0.477 e. The van der Waals surface area contributed by atoms with Gasteiger partial charge in [0.1, 0.15) is 5.37 Å². The van der Waals surface area contributed by atoms with Gasteiger partial charge in [-0.2, -0.15) is 0 Å². The van der Waals surface area contributed by atoms with E-state index in [-0.39, 0.29) is 17.0 Å². The second-order valence-corrected chi connectivity index (χ2v) is 8.55. The van der Waals surface area contributed by atoms with Gasteiger partial charge in [0.25, 0.3) is 0 Å². The quantitative estimate of drug-likeness (QED) is 0.665. The third kappa shape index (κ3) is 3.14. The Labute approximate surface area is 144 Å². The van der Waals surface area contributed by atoms with Crippen LogP contribution in [0.15, 0.2) is 9.93 Å². The van der Waals surface area contributed by atoms with E-state index in [9.17, 15) is 19.8 Å². The molecule has 8 heteroatoms. The summed E-state index contributed by atoms with van der Waals surface area (Å²) >= 11 is 2.95. The molecule has 3 aliphatic heterocycles. The number of amides is 1. The fourth-order valence-electron chi connectivity index (χ4n) is 3.29. The van der Waals surface area contributed by atoms with Crippen LogP contribution in [-0.4, -0.2) is 68.8 Å². The van der Waals surface area contributed by atoms with Crippen LogP contribution in [0.25, 0.3) is 0 Å². The minimum absolute atomic E-state index is 0.107. The van der Waals surface area contributed by atoms with Gasteiger partial charge < -0.3 is 15.1 Å². The molecule has 1 amide bonds. The van der Waals surface area contributed by atoms with E-state index in [0.717, 1.165) is 25.4 Å². The number of carboxylic acid groups (broad SMARTS) is 1. The molecule has 0 saturated carbocycles. The Balaban J connectivity index is 1.64. The molecule has 23 heavy (non-hydrogen) atoms. The van der Waals surface area contributed by atoms with Crippen LogP contribution in [0.3, 0.4) is 0 Å². The predicted molar refractivity (Wildman–Crippen MR) is 90.8 cm³/mol. The van der Waals surface area contributed by atoms with Crippen LogP contribution in [0.1, 0.15) is 26.2 Å². The SMILES string of the molecule is CC[C@H](O)[C@@H]1C(=O)N2C(C(=O)O)=C(SCCN3CCCC3)S[C@H]12. The molecule has 6 nitrogen and oxygen atoms in total. The molecule has 0 aromatic heterocycles. The van der Waals surface area contributed by atoms with Gasteiger partial charge in [-0.3, -0.25) is 9.69 Å². The van der Waals surface area contributed by atoms with Crippen molar-refractivity contribution in [1.82, 2.24) is 9.80 Å². The monoisotopic (exact) mass is 358 g/mol. The first-order chi connectivity index (χ1) is 11.0. The van der Waals surface area contributed by atoms with E-state index >= 15 is 0 Å². The van der Waals surface area contributed by atoms with E-state index in [0.29, 0.717) is 10.7 Å². The number of aliphatic hydroxyl groups excluding tert-OH is 1. The lowest BCUT2D eigenvalue weighted by Crippen LogP contribution is -2.61. The summed E-state index contributed by atoms with van der Waals surface area (Å²) in [5.74, 6) is -0.962. The van der Waals surface area contributed by atoms with E-state index < -0.39 is 18.0 Å². The summed E-state index contributed by atoms with van der Waals surface area (Å²) in [7, 11) is 0. The molecule has 0 aromatic rings. The molecular weight excluding hydrogens is 336 g/mol. The molecule has 0 aromatic carbocycles. The van der Waals surface area contributed by atoms with Crippen LogP contribution in [0, 0.1) is 5.92 Å². The number of rotatable bonds is 7. The second kappa shape index (κ2) is 7.04. The van der Waals surface area contributed by atoms with Crippen molar-refractivity contribution in [3.8, 4) is 0 Å². The highest BCUT2D eigenvalue weighted by Gasteiger charge is 2.58. The molecule has 3 aliphatic rings. The zero-order chi connectivity index (χ0) is 16.6. The third-order valence-electron chi connectivity index (χ3n) is 4.62. The van der Waals surface area contributed by atoms with E-state index in [1.165, 1.54) is 41.3 Å². The number of aliphatic hydroxyl groups is 1. The third-order valence-corrected chi connectivity index (χ3v) is 7.26. The number of fused-ring (bicyclic) bond motifs is 1. The standard InChI is InChI=1S/C15H22N2O4S2/c1-2-9(18)10-12(19)17-11(14(20)21)15(23-13(10)17)22-8-7-16-5-3-4-6-16/h9-10,13,18H,2-8H2,1H3,(H,20,21)/t9-,10+,13+/m0/s1. The Morgan fingerprint density at radius 1 is 1.43 bits per heavy atom. The van der Waals surface area contributed by atoms with Crippen molar-refractivity contribution in [3.63, 3.8) is 0 Å². The Morgan fingerprint density at radius 3 is 2.74 bits per heavy atom. The van der Waals surface area contributed by atoms with Crippen molar-refractivity contribution < 1.29 is 19.8 Å². The van der Waals surface area contributed by atoms with Gasteiger partial charge in [-0.25, -0.2) is 4.79 Å². The van der Waals surface area contributed by atoms with Gasteiger partial charge >= 0.3 is 5.97 Å². The van der Waals surface area contributed by atoms with Crippen LogP contribution < -0.4 is 0 Å². The second-order valence-electron chi connectivity index (χ2n) is 6.06. The van der Waals surface area contributed by atoms with Gasteiger partial charge in [-0.1, -0.05) is 18.7 Å². The number of carbonyl (C=O) groups is 2. The Morgan fingerprint density at radius 2 is 2.13 bits per heavy atom. The fourth-order valence-corrected chi connectivity index (χ4v) is 6.24. The molecule has 3 heterocycles. The van der Waals surface area contributed by atoms with E-state index in [1.54, 1.807) is 0 Å². The van der Waals surface area contributed by atoms with Crippen LogP contribution in [0.5, 0.6) is 0 Å². The van der Waals surface area contributed by atoms with Gasteiger partial charge in [0.2, 0.25) is 5.91 Å².